The van der Waals surface area contributed by atoms with Crippen LogP contribution < -0.4 is 11.3 Å². The van der Waals surface area contributed by atoms with Gasteiger partial charge in [-0.15, -0.1) is 0 Å². The standard InChI is InChI=1S/C12H8ClN5O/c13-7-2-1-3-8-11(7)12(19)18(6-17-8)10-5-15-9(14)4-16-10/h1-6H,(H2,14,15). The Labute approximate surface area is 112 Å². The molecule has 6 nitrogen and oxygen atoms in total. The lowest BCUT2D eigenvalue weighted by molar-refractivity contribution is 0.909. The van der Waals surface area contributed by atoms with E-state index in [9.17, 15) is 4.79 Å². The Morgan fingerprint density at radius 1 is 1.16 bits per heavy atom. The van der Waals surface area contributed by atoms with Crippen molar-refractivity contribution < 1.29 is 0 Å². The van der Waals surface area contributed by atoms with Crippen molar-refractivity contribution in [3.05, 3.63) is 52.3 Å². The molecule has 0 spiro atoms. The summed E-state index contributed by atoms with van der Waals surface area (Å²) in [6.45, 7) is 0. The molecule has 0 unspecified atom stereocenters. The van der Waals surface area contributed by atoms with Gasteiger partial charge in [0.15, 0.2) is 5.82 Å². The van der Waals surface area contributed by atoms with E-state index in [1.807, 2.05) is 0 Å². The minimum absolute atomic E-state index is 0.281. The van der Waals surface area contributed by atoms with Crippen molar-refractivity contribution in [2.45, 2.75) is 0 Å². The van der Waals surface area contributed by atoms with Gasteiger partial charge < -0.3 is 5.73 Å². The number of nitrogens with zero attached hydrogens (tertiary/aromatic N) is 4. The third-order valence-corrected chi connectivity index (χ3v) is 2.96. The van der Waals surface area contributed by atoms with Crippen LogP contribution in [0.4, 0.5) is 5.82 Å². The Morgan fingerprint density at radius 2 is 2.00 bits per heavy atom. The normalized spacial score (nSPS) is 10.8. The van der Waals surface area contributed by atoms with Crippen LogP contribution in [0.2, 0.25) is 5.02 Å². The Kier molecular flexibility index (Phi) is 2.64. The number of aromatic nitrogens is 4. The number of hydrogen-bond acceptors (Lipinski definition) is 5. The van der Waals surface area contributed by atoms with E-state index in [-0.39, 0.29) is 11.4 Å². The van der Waals surface area contributed by atoms with E-state index < -0.39 is 0 Å². The molecule has 94 valence electrons. The highest BCUT2D eigenvalue weighted by Gasteiger charge is 2.09. The molecule has 0 saturated heterocycles. The molecule has 0 aliphatic carbocycles. The first-order chi connectivity index (χ1) is 9.16. The van der Waals surface area contributed by atoms with Crippen molar-refractivity contribution in [3.63, 3.8) is 0 Å². The number of nitrogen functional groups attached to an aromatic ring is 1. The molecule has 0 saturated carbocycles. The molecular weight excluding hydrogens is 266 g/mol. The third kappa shape index (κ3) is 1.92. The van der Waals surface area contributed by atoms with E-state index in [4.69, 9.17) is 17.3 Å². The number of rotatable bonds is 1. The fourth-order valence-electron chi connectivity index (χ4n) is 1.74. The van der Waals surface area contributed by atoms with Crippen LogP contribution in [0.1, 0.15) is 0 Å². The summed E-state index contributed by atoms with van der Waals surface area (Å²) in [7, 11) is 0. The van der Waals surface area contributed by atoms with Gasteiger partial charge in [0, 0.05) is 0 Å². The predicted octanol–water partition coefficient (Wildman–Crippen LogP) is 1.41. The van der Waals surface area contributed by atoms with Crippen molar-refractivity contribution in [1.82, 2.24) is 19.5 Å². The minimum Gasteiger partial charge on any atom is -0.382 e. The number of anilines is 1. The summed E-state index contributed by atoms with van der Waals surface area (Å²) in [5.41, 5.74) is 5.70. The summed E-state index contributed by atoms with van der Waals surface area (Å²) in [6, 6.07) is 5.11. The van der Waals surface area contributed by atoms with Crippen LogP contribution in [0.25, 0.3) is 16.7 Å². The van der Waals surface area contributed by atoms with Crippen molar-refractivity contribution in [2.75, 3.05) is 5.73 Å². The third-order valence-electron chi connectivity index (χ3n) is 2.64. The molecule has 3 aromatic rings. The fourth-order valence-corrected chi connectivity index (χ4v) is 1.99. The molecule has 2 aromatic heterocycles. The number of hydrogen-bond donors (Lipinski definition) is 1. The lowest BCUT2D eigenvalue weighted by Gasteiger charge is -2.06. The molecular formula is C12H8ClN5O. The van der Waals surface area contributed by atoms with Crippen molar-refractivity contribution in [2.24, 2.45) is 0 Å². The molecule has 19 heavy (non-hydrogen) atoms. The zero-order chi connectivity index (χ0) is 13.4. The second-order valence-corrected chi connectivity index (χ2v) is 4.26. The van der Waals surface area contributed by atoms with Gasteiger partial charge in [-0.3, -0.25) is 4.79 Å². The van der Waals surface area contributed by atoms with E-state index in [0.29, 0.717) is 21.7 Å². The van der Waals surface area contributed by atoms with E-state index in [1.54, 1.807) is 18.2 Å². The first kappa shape index (κ1) is 11.6. The van der Waals surface area contributed by atoms with Crippen LogP contribution in [0.3, 0.4) is 0 Å². The maximum atomic E-state index is 12.4. The van der Waals surface area contributed by atoms with Crippen LogP contribution in [0, 0.1) is 0 Å². The maximum Gasteiger partial charge on any atom is 0.268 e. The highest BCUT2D eigenvalue weighted by Crippen LogP contribution is 2.18. The van der Waals surface area contributed by atoms with Crippen LogP contribution in [0.5, 0.6) is 0 Å². The van der Waals surface area contributed by atoms with Gasteiger partial charge in [-0.25, -0.2) is 19.5 Å². The first-order valence-corrected chi connectivity index (χ1v) is 5.78. The molecule has 0 radical (unpaired) electrons. The summed E-state index contributed by atoms with van der Waals surface area (Å²) in [6.07, 6.45) is 4.17. The smallest absolute Gasteiger partial charge is 0.268 e. The SMILES string of the molecule is Nc1cnc(-n2cnc3cccc(Cl)c3c2=O)cn1. The zero-order valence-corrected chi connectivity index (χ0v) is 10.4. The monoisotopic (exact) mass is 273 g/mol. The lowest BCUT2D eigenvalue weighted by Crippen LogP contribution is -2.20. The van der Waals surface area contributed by atoms with Crippen LogP contribution in [0.15, 0.2) is 41.7 Å². The first-order valence-electron chi connectivity index (χ1n) is 5.40. The van der Waals surface area contributed by atoms with Gasteiger partial charge in [-0.2, -0.15) is 0 Å². The molecule has 0 amide bonds. The quantitative estimate of drug-likeness (QED) is 0.724. The maximum absolute atomic E-state index is 12.4. The molecule has 3 rings (SSSR count). The second kappa shape index (κ2) is 4.33. The van der Waals surface area contributed by atoms with Crippen molar-refractivity contribution in [3.8, 4) is 5.82 Å². The average molecular weight is 274 g/mol. The summed E-state index contributed by atoms with van der Waals surface area (Å²) in [4.78, 5) is 24.5. The largest absolute Gasteiger partial charge is 0.382 e. The number of fused-ring (bicyclic) bond motifs is 1. The summed E-state index contributed by atoms with van der Waals surface area (Å²) in [5.74, 6) is 0.622. The Balaban J connectivity index is 2.32. The summed E-state index contributed by atoms with van der Waals surface area (Å²) >= 11 is 6.04. The second-order valence-electron chi connectivity index (χ2n) is 3.85. The topological polar surface area (TPSA) is 86.7 Å². The predicted molar refractivity (Wildman–Crippen MR) is 72.4 cm³/mol. The molecule has 0 aliphatic rings. The zero-order valence-electron chi connectivity index (χ0n) is 9.62. The van der Waals surface area contributed by atoms with Crippen LogP contribution in [-0.2, 0) is 0 Å². The van der Waals surface area contributed by atoms with Crippen molar-refractivity contribution in [1.29, 1.82) is 0 Å². The van der Waals surface area contributed by atoms with Crippen molar-refractivity contribution >= 4 is 28.3 Å². The average Bonchev–Trinajstić information content (AvgIpc) is 2.40. The number of benzene rings is 1. The summed E-state index contributed by atoms with van der Waals surface area (Å²) in [5, 5.41) is 0.707. The van der Waals surface area contributed by atoms with Gasteiger partial charge >= 0.3 is 0 Å². The van der Waals surface area contributed by atoms with Gasteiger partial charge in [-0.05, 0) is 12.1 Å². The van der Waals surface area contributed by atoms with Gasteiger partial charge in [-0.1, -0.05) is 17.7 Å². The highest BCUT2D eigenvalue weighted by atomic mass is 35.5. The van der Waals surface area contributed by atoms with Gasteiger partial charge in [0.2, 0.25) is 0 Å². The van der Waals surface area contributed by atoms with E-state index in [1.165, 1.54) is 23.3 Å². The van der Waals surface area contributed by atoms with E-state index >= 15 is 0 Å². The van der Waals surface area contributed by atoms with Gasteiger partial charge in [0.1, 0.15) is 12.1 Å². The van der Waals surface area contributed by atoms with Gasteiger partial charge in [0.05, 0.1) is 28.3 Å². The highest BCUT2D eigenvalue weighted by molar-refractivity contribution is 6.35. The number of halogens is 1. The fraction of sp³-hybridized carbons (Fsp3) is 0. The summed E-state index contributed by atoms with van der Waals surface area (Å²) < 4.78 is 1.28. The molecule has 1 aromatic carbocycles. The van der Waals surface area contributed by atoms with Crippen LogP contribution >= 0.6 is 11.6 Å². The minimum atomic E-state index is -0.297. The molecule has 7 heteroatoms. The van der Waals surface area contributed by atoms with E-state index in [2.05, 4.69) is 15.0 Å². The van der Waals surface area contributed by atoms with Crippen LogP contribution in [-0.4, -0.2) is 19.5 Å². The van der Waals surface area contributed by atoms with E-state index in [0.717, 1.165) is 0 Å². The number of nitrogens with two attached hydrogens (primary N) is 1. The molecule has 0 bridgehead atoms. The Morgan fingerprint density at radius 3 is 2.74 bits per heavy atom. The Bertz CT molecular complexity index is 812. The molecule has 0 aliphatic heterocycles. The molecule has 0 fully saturated rings. The molecule has 2 heterocycles. The lowest BCUT2D eigenvalue weighted by atomic mass is 10.2. The molecule has 2 N–H and O–H groups in total. The van der Waals surface area contributed by atoms with Gasteiger partial charge in [0.25, 0.3) is 5.56 Å². The molecule has 0 atom stereocenters. The Hall–Kier alpha value is -2.47.